The van der Waals surface area contributed by atoms with Crippen LogP contribution in [0.4, 0.5) is 0 Å². The molecule has 0 aromatic rings. The fraction of sp³-hybridized carbons (Fsp3) is 0.875. The topological polar surface area (TPSA) is 105 Å². The van der Waals surface area contributed by atoms with Crippen LogP contribution in [0.3, 0.4) is 0 Å². The molecule has 0 aromatic heterocycles. The lowest BCUT2D eigenvalue weighted by Crippen LogP contribution is -2.59. The van der Waals surface area contributed by atoms with Gasteiger partial charge < -0.3 is 9.84 Å². The number of carboxylic acid groups (broad SMARTS) is 1. The monoisotopic (exact) mass is 252 g/mol. The summed E-state index contributed by atoms with van der Waals surface area (Å²) in [5.41, 5.74) is -1.45. The second-order valence-electron chi connectivity index (χ2n) is 3.60. The first-order valence-corrected chi connectivity index (χ1v) is 6.50. The molecule has 1 aliphatic rings. The van der Waals surface area contributed by atoms with E-state index in [0.717, 1.165) is 0 Å². The maximum atomic E-state index is 11.5. The third-order valence-corrected chi connectivity index (χ3v) is 3.75. The second kappa shape index (κ2) is 5.09. The number of nitrogens with one attached hydrogen (secondary N) is 2. The van der Waals surface area contributed by atoms with Crippen LogP contribution in [0.2, 0.25) is 0 Å². The van der Waals surface area contributed by atoms with E-state index in [0.29, 0.717) is 0 Å². The van der Waals surface area contributed by atoms with E-state index in [1.54, 1.807) is 6.92 Å². The molecule has 0 radical (unpaired) electrons. The maximum Gasteiger partial charge on any atom is 0.325 e. The first-order chi connectivity index (χ1) is 7.42. The molecule has 7 nitrogen and oxygen atoms in total. The zero-order valence-electron chi connectivity index (χ0n) is 9.02. The zero-order chi connectivity index (χ0) is 12.2. The summed E-state index contributed by atoms with van der Waals surface area (Å²) in [6.45, 7) is 2.31. The van der Waals surface area contributed by atoms with E-state index in [2.05, 4.69) is 9.44 Å². The molecule has 0 saturated carbocycles. The number of hydrogen-bond acceptors (Lipinski definition) is 4. The number of hydrogen-bond donors (Lipinski definition) is 3. The molecule has 1 heterocycles. The first kappa shape index (κ1) is 13.4. The molecule has 0 amide bonds. The predicted octanol–water partition coefficient (Wildman–Crippen LogP) is -0.936. The predicted molar refractivity (Wildman–Crippen MR) is 56.2 cm³/mol. The van der Waals surface area contributed by atoms with E-state index >= 15 is 0 Å². The van der Waals surface area contributed by atoms with Gasteiger partial charge in [-0.05, 0) is 0 Å². The number of aliphatic carboxylic acids is 1. The lowest BCUT2D eigenvalue weighted by molar-refractivity contribution is -0.147. The van der Waals surface area contributed by atoms with Crippen LogP contribution in [0.1, 0.15) is 19.8 Å². The summed E-state index contributed by atoms with van der Waals surface area (Å²) >= 11 is 0. The van der Waals surface area contributed by atoms with Crippen LogP contribution in [0.5, 0.6) is 0 Å². The first-order valence-electron chi connectivity index (χ1n) is 5.01. The average Bonchev–Trinajstić information content (AvgIpc) is 2.17. The van der Waals surface area contributed by atoms with Crippen LogP contribution in [-0.2, 0) is 19.7 Å². The van der Waals surface area contributed by atoms with E-state index in [-0.39, 0.29) is 32.6 Å². The number of ether oxygens (including phenoxy) is 1. The minimum absolute atomic E-state index is 0.132. The van der Waals surface area contributed by atoms with Crippen LogP contribution in [0, 0.1) is 0 Å². The van der Waals surface area contributed by atoms with Crippen molar-refractivity contribution in [1.29, 1.82) is 0 Å². The van der Waals surface area contributed by atoms with Gasteiger partial charge in [0.1, 0.15) is 5.54 Å². The third kappa shape index (κ3) is 3.14. The summed E-state index contributed by atoms with van der Waals surface area (Å²) in [6, 6.07) is 0. The number of rotatable bonds is 5. The highest BCUT2D eigenvalue weighted by molar-refractivity contribution is 7.87. The van der Waals surface area contributed by atoms with Gasteiger partial charge in [0.2, 0.25) is 0 Å². The Hall–Kier alpha value is -0.700. The molecule has 1 fully saturated rings. The van der Waals surface area contributed by atoms with Gasteiger partial charge in [0.15, 0.2) is 0 Å². The van der Waals surface area contributed by atoms with Crippen molar-refractivity contribution >= 4 is 16.2 Å². The van der Waals surface area contributed by atoms with Crippen molar-refractivity contribution in [3.8, 4) is 0 Å². The van der Waals surface area contributed by atoms with Crippen LogP contribution in [0.25, 0.3) is 0 Å². The summed E-state index contributed by atoms with van der Waals surface area (Å²) in [5, 5.41) is 9.11. The second-order valence-corrected chi connectivity index (χ2v) is 5.10. The molecule has 1 saturated heterocycles. The minimum Gasteiger partial charge on any atom is -0.480 e. The molecule has 1 rings (SSSR count). The van der Waals surface area contributed by atoms with Crippen molar-refractivity contribution in [2.24, 2.45) is 0 Å². The normalized spacial score (nSPS) is 20.6. The smallest absolute Gasteiger partial charge is 0.325 e. The summed E-state index contributed by atoms with van der Waals surface area (Å²) < 4.78 is 32.4. The van der Waals surface area contributed by atoms with Crippen LogP contribution in [-0.4, -0.2) is 44.8 Å². The molecule has 16 heavy (non-hydrogen) atoms. The molecule has 0 unspecified atom stereocenters. The van der Waals surface area contributed by atoms with Crippen molar-refractivity contribution in [3.05, 3.63) is 0 Å². The van der Waals surface area contributed by atoms with E-state index < -0.39 is 21.7 Å². The maximum absolute atomic E-state index is 11.5. The molecule has 3 N–H and O–H groups in total. The minimum atomic E-state index is -3.77. The van der Waals surface area contributed by atoms with Crippen molar-refractivity contribution in [1.82, 2.24) is 9.44 Å². The van der Waals surface area contributed by atoms with E-state index in [4.69, 9.17) is 9.84 Å². The fourth-order valence-electron chi connectivity index (χ4n) is 1.56. The Balaban J connectivity index is 2.83. The van der Waals surface area contributed by atoms with E-state index in [9.17, 15) is 13.2 Å². The van der Waals surface area contributed by atoms with Gasteiger partial charge in [0.05, 0.1) is 0 Å². The van der Waals surface area contributed by atoms with Gasteiger partial charge in [-0.15, -0.1) is 0 Å². The SMILES string of the molecule is CCNS(=O)(=O)NC1(C(=O)O)CCOCC1. The largest absolute Gasteiger partial charge is 0.480 e. The van der Waals surface area contributed by atoms with Gasteiger partial charge in [-0.25, -0.2) is 4.72 Å². The quantitative estimate of drug-likeness (QED) is 0.586. The molecule has 0 atom stereocenters. The third-order valence-electron chi connectivity index (χ3n) is 2.42. The van der Waals surface area contributed by atoms with Gasteiger partial charge in [-0.1, -0.05) is 6.92 Å². The Labute approximate surface area is 94.4 Å². The van der Waals surface area contributed by atoms with Gasteiger partial charge in [0, 0.05) is 32.6 Å². The average molecular weight is 252 g/mol. The van der Waals surface area contributed by atoms with Crippen LogP contribution in [0.15, 0.2) is 0 Å². The van der Waals surface area contributed by atoms with Gasteiger partial charge in [-0.3, -0.25) is 4.79 Å². The highest BCUT2D eigenvalue weighted by Crippen LogP contribution is 2.21. The fourth-order valence-corrected chi connectivity index (χ4v) is 2.82. The van der Waals surface area contributed by atoms with Gasteiger partial charge >= 0.3 is 5.97 Å². The van der Waals surface area contributed by atoms with Crippen molar-refractivity contribution in [3.63, 3.8) is 0 Å². The summed E-state index contributed by atoms with van der Waals surface area (Å²) in [4.78, 5) is 11.1. The zero-order valence-corrected chi connectivity index (χ0v) is 9.84. The number of carboxylic acids is 1. The molecule has 8 heteroatoms. The van der Waals surface area contributed by atoms with Crippen LogP contribution < -0.4 is 9.44 Å². The Kier molecular flexibility index (Phi) is 4.25. The molecule has 94 valence electrons. The Bertz CT molecular complexity index is 347. The van der Waals surface area contributed by atoms with Crippen molar-refractivity contribution < 1.29 is 23.1 Å². The molecule has 0 aromatic carbocycles. The summed E-state index contributed by atoms with van der Waals surface area (Å²) in [6.07, 6.45) is 0.264. The lowest BCUT2D eigenvalue weighted by Gasteiger charge is -2.33. The Morgan fingerprint density at radius 3 is 2.44 bits per heavy atom. The Morgan fingerprint density at radius 2 is 2.00 bits per heavy atom. The molecule has 1 aliphatic heterocycles. The summed E-state index contributed by atoms with van der Waals surface area (Å²) in [5.74, 6) is -1.17. The molecule has 0 aliphatic carbocycles. The van der Waals surface area contributed by atoms with Gasteiger partial charge in [-0.2, -0.15) is 13.1 Å². The molecule has 0 bridgehead atoms. The van der Waals surface area contributed by atoms with E-state index in [1.165, 1.54) is 0 Å². The summed E-state index contributed by atoms with van der Waals surface area (Å²) in [7, 11) is -3.77. The number of carbonyl (C=O) groups is 1. The van der Waals surface area contributed by atoms with Gasteiger partial charge in [0.25, 0.3) is 10.2 Å². The molecular formula is C8H16N2O5S. The standard InChI is InChI=1S/C8H16N2O5S/c1-2-9-16(13,14)10-8(7(11)12)3-5-15-6-4-8/h9-10H,2-6H2,1H3,(H,11,12). The molecular weight excluding hydrogens is 236 g/mol. The van der Waals surface area contributed by atoms with Crippen molar-refractivity contribution in [2.45, 2.75) is 25.3 Å². The van der Waals surface area contributed by atoms with Crippen LogP contribution >= 0.6 is 0 Å². The van der Waals surface area contributed by atoms with Crippen molar-refractivity contribution in [2.75, 3.05) is 19.8 Å². The lowest BCUT2D eigenvalue weighted by atomic mass is 9.92. The van der Waals surface area contributed by atoms with E-state index in [1.807, 2.05) is 0 Å². The molecule has 0 spiro atoms. The Morgan fingerprint density at radius 1 is 1.44 bits per heavy atom. The highest BCUT2D eigenvalue weighted by atomic mass is 32.2. The highest BCUT2D eigenvalue weighted by Gasteiger charge is 2.43.